The van der Waals surface area contributed by atoms with E-state index >= 15 is 0 Å². The SMILES string of the molecule is CCC1(CC)CN(C2CCN(C3CC3)C2)C(C(C)C)CN1. The highest BCUT2D eigenvalue weighted by atomic mass is 15.3. The van der Waals surface area contributed by atoms with E-state index in [1.807, 2.05) is 0 Å². The summed E-state index contributed by atoms with van der Waals surface area (Å²) in [4.78, 5) is 5.67. The largest absolute Gasteiger partial charge is 0.308 e. The fraction of sp³-hybridized carbons (Fsp3) is 1.00. The van der Waals surface area contributed by atoms with E-state index in [0.29, 0.717) is 5.54 Å². The molecule has 3 nitrogen and oxygen atoms in total. The maximum atomic E-state index is 3.91. The maximum Gasteiger partial charge on any atom is 0.0304 e. The zero-order chi connectivity index (χ0) is 15.0. The van der Waals surface area contributed by atoms with E-state index in [2.05, 4.69) is 42.8 Å². The smallest absolute Gasteiger partial charge is 0.0304 e. The predicted octanol–water partition coefficient (Wildman–Crippen LogP) is 2.71. The van der Waals surface area contributed by atoms with Crippen molar-refractivity contribution in [2.45, 2.75) is 83.5 Å². The predicted molar refractivity (Wildman–Crippen MR) is 89.6 cm³/mol. The Morgan fingerprint density at radius 2 is 1.81 bits per heavy atom. The minimum absolute atomic E-state index is 0.360. The molecule has 3 fully saturated rings. The molecular formula is C18H35N3. The molecule has 21 heavy (non-hydrogen) atoms. The van der Waals surface area contributed by atoms with Gasteiger partial charge in [0.25, 0.3) is 0 Å². The van der Waals surface area contributed by atoms with Gasteiger partial charge >= 0.3 is 0 Å². The van der Waals surface area contributed by atoms with Gasteiger partial charge in [-0.15, -0.1) is 0 Å². The summed E-state index contributed by atoms with van der Waals surface area (Å²) in [5, 5.41) is 3.91. The second-order valence-corrected chi connectivity index (χ2v) is 8.02. The fourth-order valence-corrected chi connectivity index (χ4v) is 4.51. The zero-order valence-electron chi connectivity index (χ0n) is 14.6. The van der Waals surface area contributed by atoms with Crippen LogP contribution in [0.1, 0.15) is 59.8 Å². The van der Waals surface area contributed by atoms with Crippen LogP contribution in [0.5, 0.6) is 0 Å². The van der Waals surface area contributed by atoms with Crippen molar-refractivity contribution in [1.82, 2.24) is 15.1 Å². The second kappa shape index (κ2) is 6.17. The van der Waals surface area contributed by atoms with Crippen LogP contribution < -0.4 is 5.32 Å². The van der Waals surface area contributed by atoms with Gasteiger partial charge in [0.1, 0.15) is 0 Å². The van der Waals surface area contributed by atoms with Crippen LogP contribution in [0.4, 0.5) is 0 Å². The molecule has 1 saturated carbocycles. The summed E-state index contributed by atoms with van der Waals surface area (Å²) in [5.74, 6) is 0.749. The lowest BCUT2D eigenvalue weighted by Gasteiger charge is -2.51. The van der Waals surface area contributed by atoms with Crippen LogP contribution in [0, 0.1) is 5.92 Å². The van der Waals surface area contributed by atoms with Crippen LogP contribution in [0.15, 0.2) is 0 Å². The Kier molecular flexibility index (Phi) is 4.63. The molecule has 3 heteroatoms. The first-order valence-electron chi connectivity index (χ1n) is 9.33. The number of hydrogen-bond donors (Lipinski definition) is 1. The quantitative estimate of drug-likeness (QED) is 0.841. The lowest BCUT2D eigenvalue weighted by Crippen LogP contribution is -2.67. The van der Waals surface area contributed by atoms with Crippen molar-refractivity contribution >= 4 is 0 Å². The first kappa shape index (κ1) is 15.8. The number of hydrogen-bond acceptors (Lipinski definition) is 3. The van der Waals surface area contributed by atoms with Gasteiger partial charge < -0.3 is 5.32 Å². The van der Waals surface area contributed by atoms with Gasteiger partial charge in [-0.2, -0.15) is 0 Å². The topological polar surface area (TPSA) is 18.5 Å². The molecule has 0 spiro atoms. The Bertz CT molecular complexity index is 346. The lowest BCUT2D eigenvalue weighted by atomic mass is 9.85. The molecule has 2 saturated heterocycles. The Hall–Kier alpha value is -0.120. The first-order valence-corrected chi connectivity index (χ1v) is 9.33. The van der Waals surface area contributed by atoms with Crippen molar-refractivity contribution in [1.29, 1.82) is 0 Å². The van der Waals surface area contributed by atoms with Gasteiger partial charge in [0, 0.05) is 49.8 Å². The molecule has 0 amide bonds. The minimum atomic E-state index is 0.360. The highest BCUT2D eigenvalue weighted by Crippen LogP contribution is 2.34. The summed E-state index contributed by atoms with van der Waals surface area (Å²) >= 11 is 0. The van der Waals surface area contributed by atoms with Gasteiger partial charge in [-0.1, -0.05) is 27.7 Å². The maximum absolute atomic E-state index is 3.91. The van der Waals surface area contributed by atoms with E-state index in [9.17, 15) is 0 Å². The Morgan fingerprint density at radius 3 is 2.38 bits per heavy atom. The van der Waals surface area contributed by atoms with Gasteiger partial charge in [-0.05, 0) is 38.0 Å². The molecular weight excluding hydrogens is 258 g/mol. The summed E-state index contributed by atoms with van der Waals surface area (Å²) in [5.41, 5.74) is 0.360. The molecule has 1 N–H and O–H groups in total. The van der Waals surface area contributed by atoms with Crippen molar-refractivity contribution in [3.8, 4) is 0 Å². The monoisotopic (exact) mass is 293 g/mol. The van der Waals surface area contributed by atoms with Crippen molar-refractivity contribution in [2.24, 2.45) is 5.92 Å². The average molecular weight is 293 g/mol. The summed E-state index contributed by atoms with van der Waals surface area (Å²) in [7, 11) is 0. The first-order chi connectivity index (χ1) is 10.1. The van der Waals surface area contributed by atoms with Gasteiger partial charge in [0.05, 0.1) is 0 Å². The van der Waals surface area contributed by atoms with E-state index in [1.165, 1.54) is 58.3 Å². The molecule has 0 bridgehead atoms. The summed E-state index contributed by atoms with van der Waals surface area (Å²) in [6.45, 7) is 14.6. The number of nitrogens with zero attached hydrogens (tertiary/aromatic N) is 2. The van der Waals surface area contributed by atoms with Crippen LogP contribution in [-0.4, -0.2) is 59.6 Å². The molecule has 2 atom stereocenters. The molecule has 2 aliphatic heterocycles. The van der Waals surface area contributed by atoms with Gasteiger partial charge in [0.2, 0.25) is 0 Å². The van der Waals surface area contributed by atoms with Crippen molar-refractivity contribution in [2.75, 3.05) is 26.2 Å². The van der Waals surface area contributed by atoms with E-state index in [-0.39, 0.29) is 0 Å². The van der Waals surface area contributed by atoms with E-state index in [1.54, 1.807) is 0 Å². The molecule has 2 unspecified atom stereocenters. The Balaban J connectivity index is 1.71. The molecule has 0 radical (unpaired) electrons. The van der Waals surface area contributed by atoms with Crippen LogP contribution in [0.25, 0.3) is 0 Å². The number of nitrogens with one attached hydrogen (secondary N) is 1. The molecule has 3 rings (SSSR count). The summed E-state index contributed by atoms with van der Waals surface area (Å²) < 4.78 is 0. The lowest BCUT2D eigenvalue weighted by molar-refractivity contribution is 0.0191. The van der Waals surface area contributed by atoms with Crippen LogP contribution in [-0.2, 0) is 0 Å². The number of piperazine rings is 1. The van der Waals surface area contributed by atoms with Gasteiger partial charge in [0.15, 0.2) is 0 Å². The molecule has 122 valence electrons. The molecule has 1 aliphatic carbocycles. The second-order valence-electron chi connectivity index (χ2n) is 8.02. The Morgan fingerprint density at radius 1 is 1.10 bits per heavy atom. The van der Waals surface area contributed by atoms with E-state index in [4.69, 9.17) is 0 Å². The minimum Gasteiger partial charge on any atom is -0.308 e. The molecule has 0 aromatic heterocycles. The number of rotatable bonds is 5. The van der Waals surface area contributed by atoms with E-state index in [0.717, 1.165) is 24.0 Å². The van der Waals surface area contributed by atoms with Crippen LogP contribution in [0.2, 0.25) is 0 Å². The summed E-state index contributed by atoms with van der Waals surface area (Å²) in [6.07, 6.45) is 6.81. The van der Waals surface area contributed by atoms with Crippen LogP contribution in [0.3, 0.4) is 0 Å². The van der Waals surface area contributed by atoms with Crippen molar-refractivity contribution in [3.63, 3.8) is 0 Å². The molecule has 0 aromatic carbocycles. The highest BCUT2D eigenvalue weighted by molar-refractivity contribution is 5.02. The molecule has 3 aliphatic rings. The fourth-order valence-electron chi connectivity index (χ4n) is 4.51. The normalized spacial score (nSPS) is 34.7. The number of likely N-dealkylation sites (tertiary alicyclic amines) is 1. The third kappa shape index (κ3) is 3.16. The third-order valence-electron chi connectivity index (χ3n) is 6.45. The van der Waals surface area contributed by atoms with E-state index < -0.39 is 0 Å². The van der Waals surface area contributed by atoms with Crippen LogP contribution >= 0.6 is 0 Å². The van der Waals surface area contributed by atoms with Crippen molar-refractivity contribution in [3.05, 3.63) is 0 Å². The third-order valence-corrected chi connectivity index (χ3v) is 6.45. The molecule has 2 heterocycles. The average Bonchev–Trinajstić information content (AvgIpc) is 3.24. The summed E-state index contributed by atoms with van der Waals surface area (Å²) in [6, 6.07) is 2.47. The Labute approximate surface area is 131 Å². The standard InChI is InChI=1S/C18H35N3/c1-5-18(6-2)13-21(17(11-19-18)14(3)4)16-9-10-20(12-16)15-7-8-15/h14-17,19H,5-13H2,1-4H3. The van der Waals surface area contributed by atoms with Gasteiger partial charge in [-0.25, -0.2) is 0 Å². The van der Waals surface area contributed by atoms with Crippen molar-refractivity contribution < 1.29 is 0 Å². The zero-order valence-corrected chi connectivity index (χ0v) is 14.6. The van der Waals surface area contributed by atoms with Gasteiger partial charge in [-0.3, -0.25) is 9.80 Å². The highest BCUT2D eigenvalue weighted by Gasteiger charge is 2.44. The molecule has 0 aromatic rings.